The second-order valence-electron chi connectivity index (χ2n) is 4.85. The maximum absolute atomic E-state index is 4.17. The Morgan fingerprint density at radius 1 is 1.17 bits per heavy atom. The van der Waals surface area contributed by atoms with Crippen molar-refractivity contribution in [3.8, 4) is 0 Å². The molecule has 0 spiro atoms. The van der Waals surface area contributed by atoms with Crippen LogP contribution >= 0.6 is 0 Å². The van der Waals surface area contributed by atoms with Crippen molar-refractivity contribution in [3.63, 3.8) is 0 Å². The summed E-state index contributed by atoms with van der Waals surface area (Å²) in [5, 5.41) is 11.9. The van der Waals surface area contributed by atoms with Crippen LogP contribution in [0.15, 0.2) is 6.20 Å². The number of hydrogen-bond acceptors (Lipinski definition) is 3. The van der Waals surface area contributed by atoms with Crippen LogP contribution in [-0.2, 0) is 6.54 Å². The molecule has 0 aliphatic heterocycles. The normalized spacial score (nSPS) is 13.2. The van der Waals surface area contributed by atoms with Gasteiger partial charge < -0.3 is 5.32 Å². The van der Waals surface area contributed by atoms with Crippen LogP contribution < -0.4 is 5.32 Å². The first-order valence-corrected chi connectivity index (χ1v) is 7.40. The molecule has 4 nitrogen and oxygen atoms in total. The molecule has 104 valence electrons. The highest BCUT2D eigenvalue weighted by molar-refractivity contribution is 5.04. The molecule has 1 aromatic rings. The minimum absolute atomic E-state index is 0.393. The zero-order valence-corrected chi connectivity index (χ0v) is 12.3. The summed E-state index contributed by atoms with van der Waals surface area (Å²) in [4.78, 5) is 0. The van der Waals surface area contributed by atoms with Gasteiger partial charge in [-0.25, -0.2) is 4.68 Å². The molecular formula is C14H28N4. The lowest BCUT2D eigenvalue weighted by molar-refractivity contribution is 0.305. The van der Waals surface area contributed by atoms with E-state index in [0.29, 0.717) is 12.0 Å². The molecule has 0 saturated heterocycles. The largest absolute Gasteiger partial charge is 0.309 e. The number of hydrogen-bond donors (Lipinski definition) is 1. The predicted molar refractivity (Wildman–Crippen MR) is 75.4 cm³/mol. The summed E-state index contributed by atoms with van der Waals surface area (Å²) in [6.45, 7) is 10.7. The molecule has 18 heavy (non-hydrogen) atoms. The maximum Gasteiger partial charge on any atom is 0.0759 e. The van der Waals surface area contributed by atoms with Gasteiger partial charge in [-0.15, -0.1) is 5.10 Å². The maximum atomic E-state index is 4.17. The van der Waals surface area contributed by atoms with E-state index in [-0.39, 0.29) is 0 Å². The highest BCUT2D eigenvalue weighted by Gasteiger charge is 2.24. The Kier molecular flexibility index (Phi) is 6.94. The second-order valence-corrected chi connectivity index (χ2v) is 4.85. The van der Waals surface area contributed by atoms with Crippen LogP contribution in [0, 0.1) is 5.92 Å². The zero-order chi connectivity index (χ0) is 13.4. The van der Waals surface area contributed by atoms with Crippen molar-refractivity contribution in [3.05, 3.63) is 11.9 Å². The summed E-state index contributed by atoms with van der Waals surface area (Å²) >= 11 is 0. The molecule has 4 heteroatoms. The molecule has 0 aromatic carbocycles. The molecular weight excluding hydrogens is 224 g/mol. The molecule has 0 aliphatic rings. The standard InChI is InChI=1S/C14H28N4/c1-5-9-12(10-6-2)14(15-7-3)13-11-16-17-18(13)8-4/h11-12,14-15H,5-10H2,1-4H3. The number of rotatable bonds is 9. The third kappa shape index (κ3) is 3.80. The first kappa shape index (κ1) is 15.2. The number of nitrogens with zero attached hydrogens (tertiary/aromatic N) is 3. The van der Waals surface area contributed by atoms with Gasteiger partial charge in [0.1, 0.15) is 0 Å². The fraction of sp³-hybridized carbons (Fsp3) is 0.857. The van der Waals surface area contributed by atoms with Crippen LogP contribution in [0.2, 0.25) is 0 Å². The molecule has 1 unspecified atom stereocenters. The van der Waals surface area contributed by atoms with Gasteiger partial charge in [0.2, 0.25) is 0 Å². The lowest BCUT2D eigenvalue weighted by atomic mass is 9.88. The molecule has 1 heterocycles. The topological polar surface area (TPSA) is 42.7 Å². The first-order chi connectivity index (χ1) is 8.78. The molecule has 1 rings (SSSR count). The quantitative estimate of drug-likeness (QED) is 0.734. The smallest absolute Gasteiger partial charge is 0.0759 e. The average molecular weight is 252 g/mol. The van der Waals surface area contributed by atoms with Crippen molar-refractivity contribution in [1.82, 2.24) is 20.3 Å². The van der Waals surface area contributed by atoms with Crippen LogP contribution in [-0.4, -0.2) is 21.5 Å². The summed E-state index contributed by atoms with van der Waals surface area (Å²) in [6.07, 6.45) is 6.93. The van der Waals surface area contributed by atoms with E-state index >= 15 is 0 Å². The lowest BCUT2D eigenvalue weighted by Gasteiger charge is -2.27. The van der Waals surface area contributed by atoms with E-state index in [0.717, 1.165) is 13.1 Å². The third-order valence-electron chi connectivity index (χ3n) is 3.48. The molecule has 0 amide bonds. The van der Waals surface area contributed by atoms with Gasteiger partial charge in [-0.2, -0.15) is 0 Å². The monoisotopic (exact) mass is 252 g/mol. The Labute approximate surface area is 111 Å². The molecule has 0 fully saturated rings. The van der Waals surface area contributed by atoms with E-state index in [4.69, 9.17) is 0 Å². The Bertz CT molecular complexity index is 315. The molecule has 1 N–H and O–H groups in total. The predicted octanol–water partition coefficient (Wildman–Crippen LogP) is 3.17. The Hall–Kier alpha value is -0.900. The summed E-state index contributed by atoms with van der Waals surface area (Å²) < 4.78 is 2.02. The van der Waals surface area contributed by atoms with Gasteiger partial charge in [-0.1, -0.05) is 38.8 Å². The second kappa shape index (κ2) is 8.25. The molecule has 0 aliphatic carbocycles. The highest BCUT2D eigenvalue weighted by atomic mass is 15.4. The van der Waals surface area contributed by atoms with E-state index in [1.54, 1.807) is 0 Å². The molecule has 0 radical (unpaired) electrons. The number of nitrogens with one attached hydrogen (secondary N) is 1. The molecule has 1 aromatic heterocycles. The summed E-state index contributed by atoms with van der Waals surface area (Å²) in [5.74, 6) is 0.684. The zero-order valence-electron chi connectivity index (χ0n) is 12.3. The van der Waals surface area contributed by atoms with E-state index in [1.807, 2.05) is 10.9 Å². The van der Waals surface area contributed by atoms with Crippen molar-refractivity contribution in [2.45, 2.75) is 66.0 Å². The third-order valence-corrected chi connectivity index (χ3v) is 3.48. The van der Waals surface area contributed by atoms with Gasteiger partial charge in [0.05, 0.1) is 17.9 Å². The van der Waals surface area contributed by atoms with Crippen LogP contribution in [0.5, 0.6) is 0 Å². The average Bonchev–Trinajstić information content (AvgIpc) is 2.84. The summed E-state index contributed by atoms with van der Waals surface area (Å²) in [5.41, 5.74) is 1.24. The lowest BCUT2D eigenvalue weighted by Crippen LogP contribution is -2.30. The minimum Gasteiger partial charge on any atom is -0.309 e. The van der Waals surface area contributed by atoms with Gasteiger partial charge in [0.25, 0.3) is 0 Å². The van der Waals surface area contributed by atoms with Crippen molar-refractivity contribution >= 4 is 0 Å². The number of aromatic nitrogens is 3. The van der Waals surface area contributed by atoms with Crippen LogP contribution in [0.3, 0.4) is 0 Å². The summed E-state index contributed by atoms with van der Waals surface area (Å²) in [7, 11) is 0. The highest BCUT2D eigenvalue weighted by Crippen LogP contribution is 2.29. The van der Waals surface area contributed by atoms with Crippen LogP contribution in [0.25, 0.3) is 0 Å². The van der Waals surface area contributed by atoms with Crippen molar-refractivity contribution in [2.75, 3.05) is 6.54 Å². The van der Waals surface area contributed by atoms with Gasteiger partial charge in [0, 0.05) is 6.54 Å². The van der Waals surface area contributed by atoms with Crippen LogP contribution in [0.1, 0.15) is 65.1 Å². The van der Waals surface area contributed by atoms with Crippen molar-refractivity contribution < 1.29 is 0 Å². The Morgan fingerprint density at radius 2 is 1.83 bits per heavy atom. The SMILES string of the molecule is CCCC(CCC)C(NCC)c1cnnn1CC. The molecule has 1 atom stereocenters. The van der Waals surface area contributed by atoms with Gasteiger partial charge in [-0.3, -0.25) is 0 Å². The minimum atomic E-state index is 0.393. The van der Waals surface area contributed by atoms with Gasteiger partial charge >= 0.3 is 0 Å². The number of aryl methyl sites for hydroxylation is 1. The van der Waals surface area contributed by atoms with Gasteiger partial charge in [-0.05, 0) is 32.2 Å². The van der Waals surface area contributed by atoms with E-state index in [2.05, 4.69) is 43.3 Å². The van der Waals surface area contributed by atoms with Crippen molar-refractivity contribution in [1.29, 1.82) is 0 Å². The Balaban J connectivity index is 2.91. The van der Waals surface area contributed by atoms with E-state index in [9.17, 15) is 0 Å². The van der Waals surface area contributed by atoms with Crippen molar-refractivity contribution in [2.24, 2.45) is 5.92 Å². The summed E-state index contributed by atoms with van der Waals surface area (Å²) in [6, 6.07) is 0.393. The van der Waals surface area contributed by atoms with Gasteiger partial charge in [0.15, 0.2) is 0 Å². The fourth-order valence-corrected chi connectivity index (χ4v) is 2.70. The Morgan fingerprint density at radius 3 is 2.33 bits per heavy atom. The first-order valence-electron chi connectivity index (χ1n) is 7.40. The fourth-order valence-electron chi connectivity index (χ4n) is 2.70. The van der Waals surface area contributed by atoms with E-state index in [1.165, 1.54) is 31.4 Å². The van der Waals surface area contributed by atoms with Crippen LogP contribution in [0.4, 0.5) is 0 Å². The van der Waals surface area contributed by atoms with E-state index < -0.39 is 0 Å². The molecule has 0 saturated carbocycles. The molecule has 0 bridgehead atoms.